The molecule has 0 saturated carbocycles. The van der Waals surface area contributed by atoms with Crippen molar-refractivity contribution in [2.45, 2.75) is 31.6 Å². The van der Waals surface area contributed by atoms with Gasteiger partial charge in [0.15, 0.2) is 6.10 Å². The molecule has 0 rings (SSSR count). The van der Waals surface area contributed by atoms with Crippen LogP contribution in [0.1, 0.15) is 20.3 Å². The number of nitrogens with zero attached hydrogens (tertiary/aromatic N) is 1. The first-order valence-corrected chi connectivity index (χ1v) is 6.35. The van der Waals surface area contributed by atoms with Crippen molar-refractivity contribution in [2.24, 2.45) is 0 Å². The second-order valence-electron chi connectivity index (χ2n) is 5.21. The second-order valence-corrected chi connectivity index (χ2v) is 6.72. The standard InChI is InChI=1S/C11H21NO4S/c1-8(2)17-11(15)16-9(6-10(13)14)7-12(3,4)5/h8-9H,6-7H2,1-5H3/t9-/m1/s1. The van der Waals surface area contributed by atoms with Gasteiger partial charge in [-0.05, 0) is 11.8 Å². The molecule has 0 fully saturated rings. The molecule has 0 aromatic rings. The van der Waals surface area contributed by atoms with Crippen molar-refractivity contribution in [2.75, 3.05) is 27.7 Å². The smallest absolute Gasteiger partial charge is 0.368 e. The normalized spacial score (nSPS) is 13.5. The molecule has 17 heavy (non-hydrogen) atoms. The summed E-state index contributed by atoms with van der Waals surface area (Å²) in [5.74, 6) is -1.20. The lowest BCUT2D eigenvalue weighted by Crippen LogP contribution is -2.44. The first-order chi connectivity index (χ1) is 7.60. The number of quaternary nitrogens is 1. The van der Waals surface area contributed by atoms with E-state index in [1.165, 1.54) is 0 Å². The van der Waals surface area contributed by atoms with Crippen molar-refractivity contribution in [1.82, 2.24) is 0 Å². The first kappa shape index (κ1) is 16.2. The Balaban J connectivity index is 4.38. The number of likely N-dealkylation sites (N-methyl/N-ethyl adjacent to an activating group) is 1. The monoisotopic (exact) mass is 263 g/mol. The zero-order valence-corrected chi connectivity index (χ0v) is 11.9. The summed E-state index contributed by atoms with van der Waals surface area (Å²) in [5, 5.41) is 10.3. The van der Waals surface area contributed by atoms with Gasteiger partial charge < -0.3 is 19.1 Å². The Labute approximate surface area is 107 Å². The average Bonchev–Trinajstić information content (AvgIpc) is 1.95. The van der Waals surface area contributed by atoms with E-state index in [9.17, 15) is 14.7 Å². The Bertz CT molecular complexity index is 273. The van der Waals surface area contributed by atoms with Gasteiger partial charge in [0, 0.05) is 17.6 Å². The zero-order valence-electron chi connectivity index (χ0n) is 11.1. The van der Waals surface area contributed by atoms with Crippen molar-refractivity contribution >= 4 is 23.0 Å². The predicted octanol–water partition coefficient (Wildman–Crippen LogP) is 0.479. The van der Waals surface area contributed by atoms with Gasteiger partial charge in [-0.1, -0.05) is 13.8 Å². The fourth-order valence-electron chi connectivity index (χ4n) is 1.30. The van der Waals surface area contributed by atoms with Gasteiger partial charge in [-0.25, -0.2) is 4.79 Å². The van der Waals surface area contributed by atoms with E-state index in [0.717, 1.165) is 11.8 Å². The van der Waals surface area contributed by atoms with Crippen LogP contribution in [0.25, 0.3) is 0 Å². The molecule has 0 heterocycles. The van der Waals surface area contributed by atoms with Crippen molar-refractivity contribution in [3.8, 4) is 0 Å². The van der Waals surface area contributed by atoms with Crippen LogP contribution < -0.4 is 5.11 Å². The lowest BCUT2D eigenvalue weighted by molar-refractivity contribution is -0.873. The molecule has 0 amide bonds. The number of rotatable bonds is 6. The van der Waals surface area contributed by atoms with Gasteiger partial charge >= 0.3 is 5.30 Å². The Morgan fingerprint density at radius 1 is 1.29 bits per heavy atom. The number of thioether (sulfide) groups is 1. The molecule has 0 bridgehead atoms. The molecule has 0 radical (unpaired) electrons. The van der Waals surface area contributed by atoms with Crippen LogP contribution in [0.5, 0.6) is 0 Å². The summed E-state index contributed by atoms with van der Waals surface area (Å²) in [6.07, 6.45) is -0.904. The second kappa shape index (κ2) is 6.86. The molecule has 6 heteroatoms. The number of ether oxygens (including phenoxy) is 1. The molecule has 0 N–H and O–H groups in total. The lowest BCUT2D eigenvalue weighted by atomic mass is 10.2. The minimum atomic E-state index is -1.20. The summed E-state index contributed by atoms with van der Waals surface area (Å²) in [7, 11) is 5.73. The molecule has 0 aliphatic carbocycles. The van der Waals surface area contributed by atoms with Crippen LogP contribution in [0, 0.1) is 0 Å². The van der Waals surface area contributed by atoms with Gasteiger partial charge in [-0.2, -0.15) is 0 Å². The number of carboxylic acid groups (broad SMARTS) is 1. The molecule has 0 saturated heterocycles. The highest BCUT2D eigenvalue weighted by atomic mass is 32.2. The van der Waals surface area contributed by atoms with Crippen LogP contribution >= 0.6 is 11.8 Å². The Hall–Kier alpha value is -0.750. The molecule has 0 spiro atoms. The molecular weight excluding hydrogens is 242 g/mol. The van der Waals surface area contributed by atoms with Crippen LogP contribution in [0.15, 0.2) is 0 Å². The summed E-state index contributed by atoms with van der Waals surface area (Å²) in [5.41, 5.74) is 0. The molecular formula is C11H21NO4S. The Morgan fingerprint density at radius 2 is 1.82 bits per heavy atom. The molecule has 1 atom stereocenters. The van der Waals surface area contributed by atoms with E-state index in [2.05, 4.69) is 0 Å². The fraction of sp³-hybridized carbons (Fsp3) is 0.818. The summed E-state index contributed by atoms with van der Waals surface area (Å²) in [6, 6.07) is 0. The number of aliphatic carboxylic acids is 1. The summed E-state index contributed by atoms with van der Waals surface area (Å²) in [4.78, 5) is 22.0. The van der Waals surface area contributed by atoms with Crippen LogP contribution in [0.3, 0.4) is 0 Å². The predicted molar refractivity (Wildman–Crippen MR) is 65.5 cm³/mol. The van der Waals surface area contributed by atoms with Gasteiger partial charge in [0.05, 0.1) is 21.1 Å². The maximum Gasteiger partial charge on any atom is 0.368 e. The molecule has 0 aliphatic rings. The quantitative estimate of drug-likeness (QED) is 0.515. The number of carboxylic acids is 1. The fourth-order valence-corrected chi connectivity index (χ4v) is 1.87. The number of hydrogen-bond acceptors (Lipinski definition) is 5. The van der Waals surface area contributed by atoms with E-state index in [1.807, 2.05) is 35.0 Å². The molecule has 100 valence electrons. The highest BCUT2D eigenvalue weighted by Crippen LogP contribution is 2.16. The number of carbonyl (C=O) groups excluding carboxylic acids is 2. The van der Waals surface area contributed by atoms with Crippen molar-refractivity contribution in [3.63, 3.8) is 0 Å². The van der Waals surface area contributed by atoms with Gasteiger partial charge in [0.1, 0.15) is 6.54 Å². The summed E-state index contributed by atoms with van der Waals surface area (Å²) >= 11 is 1.05. The first-order valence-electron chi connectivity index (χ1n) is 5.47. The van der Waals surface area contributed by atoms with E-state index < -0.39 is 17.4 Å². The van der Waals surface area contributed by atoms with E-state index >= 15 is 0 Å². The third kappa shape index (κ3) is 10.1. The summed E-state index contributed by atoms with van der Waals surface area (Å²) in [6.45, 7) is 4.19. The SMILES string of the molecule is CC(C)SC(=O)O[C@H](CC(=O)[O-])C[N+](C)(C)C. The largest absolute Gasteiger partial charge is 0.550 e. The highest BCUT2D eigenvalue weighted by Gasteiger charge is 2.23. The van der Waals surface area contributed by atoms with Crippen LogP contribution in [0.2, 0.25) is 0 Å². The van der Waals surface area contributed by atoms with E-state index in [0.29, 0.717) is 11.0 Å². The third-order valence-electron chi connectivity index (χ3n) is 1.74. The van der Waals surface area contributed by atoms with E-state index in [1.54, 1.807) is 0 Å². The van der Waals surface area contributed by atoms with Crippen molar-refractivity contribution in [3.05, 3.63) is 0 Å². The van der Waals surface area contributed by atoms with Crippen molar-refractivity contribution in [1.29, 1.82) is 0 Å². The maximum absolute atomic E-state index is 11.5. The molecule has 0 unspecified atom stereocenters. The number of carbonyl (C=O) groups is 2. The van der Waals surface area contributed by atoms with E-state index in [4.69, 9.17) is 4.74 Å². The lowest BCUT2D eigenvalue weighted by Gasteiger charge is -2.29. The minimum Gasteiger partial charge on any atom is -0.550 e. The average molecular weight is 263 g/mol. The molecule has 0 aromatic carbocycles. The zero-order chi connectivity index (χ0) is 13.6. The molecule has 0 aliphatic heterocycles. The van der Waals surface area contributed by atoms with Crippen LogP contribution in [-0.4, -0.2) is 54.8 Å². The third-order valence-corrected chi connectivity index (χ3v) is 2.50. The van der Waals surface area contributed by atoms with E-state index in [-0.39, 0.29) is 11.7 Å². The van der Waals surface area contributed by atoms with Gasteiger partial charge in [-0.3, -0.25) is 0 Å². The maximum atomic E-state index is 11.5. The summed E-state index contributed by atoms with van der Waals surface area (Å²) < 4.78 is 5.66. The van der Waals surface area contributed by atoms with Gasteiger partial charge in [-0.15, -0.1) is 0 Å². The molecule has 0 aromatic heterocycles. The molecule has 5 nitrogen and oxygen atoms in total. The Morgan fingerprint density at radius 3 is 2.18 bits per heavy atom. The Kier molecular flexibility index (Phi) is 6.56. The highest BCUT2D eigenvalue weighted by molar-refractivity contribution is 8.13. The topological polar surface area (TPSA) is 66.4 Å². The van der Waals surface area contributed by atoms with Gasteiger partial charge in [0.25, 0.3) is 0 Å². The number of hydrogen-bond donors (Lipinski definition) is 0. The van der Waals surface area contributed by atoms with Gasteiger partial charge in [0.2, 0.25) is 0 Å². The van der Waals surface area contributed by atoms with Crippen molar-refractivity contribution < 1.29 is 23.9 Å². The minimum absolute atomic E-state index is 0.121. The van der Waals surface area contributed by atoms with Crippen LogP contribution in [0.4, 0.5) is 4.79 Å². The van der Waals surface area contributed by atoms with Crippen LogP contribution in [-0.2, 0) is 9.53 Å².